The van der Waals surface area contributed by atoms with Gasteiger partial charge in [0.2, 0.25) is 0 Å². The molecule has 0 atom stereocenters. The van der Waals surface area contributed by atoms with Crippen molar-refractivity contribution in [3.05, 3.63) is 70.8 Å². The summed E-state index contributed by atoms with van der Waals surface area (Å²) >= 11 is 0. The third-order valence-electron chi connectivity index (χ3n) is 3.05. The second kappa shape index (κ2) is 8.38. The first-order valence-corrected chi connectivity index (χ1v) is 7.34. The van der Waals surface area contributed by atoms with Gasteiger partial charge in [-0.15, -0.1) is 0 Å². The fourth-order valence-corrected chi connectivity index (χ4v) is 1.93. The maximum Gasteiger partial charge on any atom is 0.331 e. The molecule has 0 spiro atoms. The van der Waals surface area contributed by atoms with Crippen LogP contribution in [0.15, 0.2) is 58.7 Å². The first kappa shape index (κ1) is 17.1. The lowest BCUT2D eigenvalue weighted by Crippen LogP contribution is -2.35. The zero-order chi connectivity index (χ0) is 17.4. The van der Waals surface area contributed by atoms with E-state index in [1.165, 1.54) is 12.4 Å². The van der Waals surface area contributed by atoms with Crippen molar-refractivity contribution in [3.8, 4) is 0 Å². The van der Waals surface area contributed by atoms with Gasteiger partial charge in [-0.25, -0.2) is 10.9 Å². The van der Waals surface area contributed by atoms with Gasteiger partial charge in [0.1, 0.15) is 0 Å². The number of amides is 2. The van der Waals surface area contributed by atoms with E-state index in [1.807, 2.05) is 62.4 Å². The highest BCUT2D eigenvalue weighted by Crippen LogP contribution is 2.01. The SMILES string of the molecule is Cc1cccc(C=NNC(=O)C(=O)NN=Cc2cccc(C)c2)c1. The zero-order valence-electron chi connectivity index (χ0n) is 13.5. The number of hydrogen-bond donors (Lipinski definition) is 2. The Morgan fingerprint density at radius 2 is 1.21 bits per heavy atom. The Kier molecular flexibility index (Phi) is 5.96. The van der Waals surface area contributed by atoms with Gasteiger partial charge < -0.3 is 0 Å². The minimum atomic E-state index is -0.889. The van der Waals surface area contributed by atoms with Gasteiger partial charge in [0.15, 0.2) is 0 Å². The number of carbonyl (C=O) groups excluding carboxylic acids is 2. The number of carbonyl (C=O) groups is 2. The van der Waals surface area contributed by atoms with Gasteiger partial charge in [0, 0.05) is 0 Å². The molecule has 0 saturated carbocycles. The van der Waals surface area contributed by atoms with Gasteiger partial charge in [-0.2, -0.15) is 10.2 Å². The molecule has 24 heavy (non-hydrogen) atoms. The average molecular weight is 322 g/mol. The summed E-state index contributed by atoms with van der Waals surface area (Å²) in [6, 6.07) is 15.2. The van der Waals surface area contributed by atoms with E-state index >= 15 is 0 Å². The predicted octanol–water partition coefficient (Wildman–Crippen LogP) is 1.90. The maximum atomic E-state index is 11.6. The van der Waals surface area contributed by atoms with Crippen LogP contribution in [0.1, 0.15) is 22.3 Å². The topological polar surface area (TPSA) is 82.9 Å². The van der Waals surface area contributed by atoms with Gasteiger partial charge in [-0.3, -0.25) is 9.59 Å². The van der Waals surface area contributed by atoms with Crippen LogP contribution in [-0.2, 0) is 9.59 Å². The smallest absolute Gasteiger partial charge is 0.262 e. The quantitative estimate of drug-likeness (QED) is 0.512. The van der Waals surface area contributed by atoms with Crippen molar-refractivity contribution in [1.82, 2.24) is 10.9 Å². The Hall–Kier alpha value is -3.28. The fourth-order valence-electron chi connectivity index (χ4n) is 1.93. The van der Waals surface area contributed by atoms with Gasteiger partial charge >= 0.3 is 11.8 Å². The summed E-state index contributed by atoms with van der Waals surface area (Å²) in [4.78, 5) is 23.2. The summed E-state index contributed by atoms with van der Waals surface area (Å²) in [6.07, 6.45) is 2.93. The summed E-state index contributed by atoms with van der Waals surface area (Å²) < 4.78 is 0. The van der Waals surface area contributed by atoms with E-state index in [0.717, 1.165) is 22.3 Å². The largest absolute Gasteiger partial charge is 0.331 e. The molecule has 0 fully saturated rings. The van der Waals surface area contributed by atoms with E-state index in [0.29, 0.717) is 0 Å². The molecule has 6 nitrogen and oxygen atoms in total. The molecule has 0 unspecified atom stereocenters. The van der Waals surface area contributed by atoms with Gasteiger partial charge in [-0.05, 0) is 25.0 Å². The summed E-state index contributed by atoms with van der Waals surface area (Å²) in [5.41, 5.74) is 8.11. The Morgan fingerprint density at radius 3 is 1.58 bits per heavy atom. The normalized spacial score (nSPS) is 10.9. The first-order chi connectivity index (χ1) is 11.5. The van der Waals surface area contributed by atoms with E-state index in [4.69, 9.17) is 0 Å². The van der Waals surface area contributed by atoms with Crippen molar-refractivity contribution in [3.63, 3.8) is 0 Å². The Bertz CT molecular complexity index is 730. The van der Waals surface area contributed by atoms with E-state index in [2.05, 4.69) is 21.1 Å². The number of benzene rings is 2. The number of hydrazone groups is 2. The third-order valence-corrected chi connectivity index (χ3v) is 3.05. The molecule has 2 aromatic carbocycles. The lowest BCUT2D eigenvalue weighted by Gasteiger charge is -1.99. The third kappa shape index (κ3) is 5.49. The molecule has 0 aliphatic carbocycles. The minimum Gasteiger partial charge on any atom is -0.262 e. The van der Waals surface area contributed by atoms with Crippen LogP contribution in [0.4, 0.5) is 0 Å². The number of nitrogens with one attached hydrogen (secondary N) is 2. The molecule has 0 bridgehead atoms. The molecule has 2 aromatic rings. The Balaban J connectivity index is 1.83. The van der Waals surface area contributed by atoms with E-state index in [1.54, 1.807) is 0 Å². The molecule has 0 aliphatic rings. The van der Waals surface area contributed by atoms with Gasteiger partial charge in [-0.1, -0.05) is 59.7 Å². The fraction of sp³-hybridized carbons (Fsp3) is 0.111. The molecular formula is C18H18N4O2. The molecule has 0 heterocycles. The van der Waals surface area contributed by atoms with Crippen LogP contribution in [-0.4, -0.2) is 24.2 Å². The van der Waals surface area contributed by atoms with Gasteiger partial charge in [0.05, 0.1) is 12.4 Å². The molecule has 2 rings (SSSR count). The molecule has 0 aromatic heterocycles. The van der Waals surface area contributed by atoms with Crippen LogP contribution in [0.2, 0.25) is 0 Å². The van der Waals surface area contributed by atoms with Crippen LogP contribution in [0.25, 0.3) is 0 Å². The van der Waals surface area contributed by atoms with Crippen LogP contribution < -0.4 is 10.9 Å². The second-order valence-electron chi connectivity index (χ2n) is 5.23. The first-order valence-electron chi connectivity index (χ1n) is 7.34. The number of hydrogen-bond acceptors (Lipinski definition) is 4. The van der Waals surface area contributed by atoms with Crippen LogP contribution in [0.5, 0.6) is 0 Å². The molecule has 122 valence electrons. The highest BCUT2D eigenvalue weighted by Gasteiger charge is 2.10. The molecule has 2 amide bonds. The van der Waals surface area contributed by atoms with Crippen molar-refractivity contribution < 1.29 is 9.59 Å². The lowest BCUT2D eigenvalue weighted by molar-refractivity contribution is -0.139. The Morgan fingerprint density at radius 1 is 0.792 bits per heavy atom. The molecule has 0 aliphatic heterocycles. The van der Waals surface area contributed by atoms with Crippen LogP contribution >= 0.6 is 0 Å². The molecule has 2 N–H and O–H groups in total. The summed E-state index contributed by atoms with van der Waals surface area (Å²) in [6.45, 7) is 3.91. The summed E-state index contributed by atoms with van der Waals surface area (Å²) in [5, 5.41) is 7.49. The summed E-state index contributed by atoms with van der Waals surface area (Å²) in [5.74, 6) is -1.78. The Labute approximate surface area is 140 Å². The van der Waals surface area contributed by atoms with Crippen LogP contribution in [0.3, 0.4) is 0 Å². The number of aryl methyl sites for hydroxylation is 2. The van der Waals surface area contributed by atoms with E-state index in [9.17, 15) is 9.59 Å². The number of nitrogens with zero attached hydrogens (tertiary/aromatic N) is 2. The second-order valence-corrected chi connectivity index (χ2v) is 5.23. The lowest BCUT2D eigenvalue weighted by atomic mass is 10.2. The zero-order valence-corrected chi connectivity index (χ0v) is 13.5. The number of rotatable bonds is 4. The predicted molar refractivity (Wildman–Crippen MR) is 93.8 cm³/mol. The van der Waals surface area contributed by atoms with Crippen molar-refractivity contribution in [1.29, 1.82) is 0 Å². The summed E-state index contributed by atoms with van der Waals surface area (Å²) in [7, 11) is 0. The van der Waals surface area contributed by atoms with Crippen molar-refractivity contribution in [2.45, 2.75) is 13.8 Å². The van der Waals surface area contributed by atoms with E-state index in [-0.39, 0.29) is 0 Å². The highest BCUT2D eigenvalue weighted by molar-refractivity contribution is 6.35. The van der Waals surface area contributed by atoms with Crippen LogP contribution in [0, 0.1) is 13.8 Å². The van der Waals surface area contributed by atoms with Crippen molar-refractivity contribution >= 4 is 24.2 Å². The minimum absolute atomic E-state index is 0.827. The van der Waals surface area contributed by atoms with Crippen molar-refractivity contribution in [2.24, 2.45) is 10.2 Å². The highest BCUT2D eigenvalue weighted by atomic mass is 16.2. The molecule has 0 saturated heterocycles. The van der Waals surface area contributed by atoms with E-state index < -0.39 is 11.8 Å². The molecular weight excluding hydrogens is 304 g/mol. The molecule has 0 radical (unpaired) electrons. The monoisotopic (exact) mass is 322 g/mol. The standard InChI is InChI=1S/C18H18N4O2/c1-13-5-3-7-15(9-13)11-19-21-17(23)18(24)22-20-12-16-8-4-6-14(2)10-16/h3-12H,1-2H3,(H,21,23)(H,22,24). The maximum absolute atomic E-state index is 11.6. The van der Waals surface area contributed by atoms with Gasteiger partial charge in [0.25, 0.3) is 0 Å². The molecule has 6 heteroatoms. The average Bonchev–Trinajstić information content (AvgIpc) is 2.55. The van der Waals surface area contributed by atoms with Crippen molar-refractivity contribution in [2.75, 3.05) is 0 Å².